The predicted octanol–water partition coefficient (Wildman–Crippen LogP) is 1.62. The molecule has 1 aliphatic heterocycles. The van der Waals surface area contributed by atoms with Gasteiger partial charge in [-0.05, 0) is 19.8 Å². The molecule has 0 radical (unpaired) electrons. The highest BCUT2D eigenvalue weighted by atomic mass is 32.2. The number of hydrogen-bond donors (Lipinski definition) is 1. The van der Waals surface area contributed by atoms with Gasteiger partial charge in [0.15, 0.2) is 5.72 Å². The van der Waals surface area contributed by atoms with Gasteiger partial charge >= 0.3 is 6.09 Å². The second-order valence-electron chi connectivity index (χ2n) is 5.48. The standard InChI is InChI=1S/C11H19NO5S/c1-10(17-18(2,15)16)11(6-4-3-5-7-11)8-12(10)9(13)14/h3-8H2,1-2H3,(H,13,14). The molecule has 1 aliphatic carbocycles. The summed E-state index contributed by atoms with van der Waals surface area (Å²) >= 11 is 0. The first kappa shape index (κ1) is 13.6. The van der Waals surface area contributed by atoms with Crippen LogP contribution in [0.5, 0.6) is 0 Å². The average molecular weight is 277 g/mol. The zero-order valence-corrected chi connectivity index (χ0v) is 11.5. The topological polar surface area (TPSA) is 83.9 Å². The van der Waals surface area contributed by atoms with Crippen LogP contribution in [0.3, 0.4) is 0 Å². The van der Waals surface area contributed by atoms with Crippen LogP contribution < -0.4 is 0 Å². The van der Waals surface area contributed by atoms with Crippen molar-refractivity contribution in [3.8, 4) is 0 Å². The third kappa shape index (κ3) is 1.99. The van der Waals surface area contributed by atoms with Crippen molar-refractivity contribution in [1.29, 1.82) is 0 Å². The van der Waals surface area contributed by atoms with Gasteiger partial charge < -0.3 is 5.11 Å². The van der Waals surface area contributed by atoms with Crippen LogP contribution in [0, 0.1) is 5.41 Å². The van der Waals surface area contributed by atoms with Gasteiger partial charge in [-0.3, -0.25) is 4.90 Å². The molecule has 1 unspecified atom stereocenters. The lowest BCUT2D eigenvalue weighted by atomic mass is 9.61. The van der Waals surface area contributed by atoms with Crippen LogP contribution in [0.2, 0.25) is 0 Å². The summed E-state index contributed by atoms with van der Waals surface area (Å²) in [5.41, 5.74) is -1.58. The molecule has 104 valence electrons. The zero-order chi connectivity index (χ0) is 13.6. The van der Waals surface area contributed by atoms with Gasteiger partial charge in [0, 0.05) is 12.0 Å². The molecule has 1 N–H and O–H groups in total. The second kappa shape index (κ2) is 4.09. The van der Waals surface area contributed by atoms with Crippen LogP contribution in [0.25, 0.3) is 0 Å². The summed E-state index contributed by atoms with van der Waals surface area (Å²) in [6.07, 6.45) is 4.59. The number of carboxylic acid groups (broad SMARTS) is 1. The Hall–Kier alpha value is -0.820. The van der Waals surface area contributed by atoms with Gasteiger partial charge in [-0.1, -0.05) is 19.3 Å². The van der Waals surface area contributed by atoms with Gasteiger partial charge in [-0.15, -0.1) is 0 Å². The summed E-state index contributed by atoms with van der Waals surface area (Å²) in [5, 5.41) is 9.13. The highest BCUT2D eigenvalue weighted by Gasteiger charge is 2.66. The number of hydrogen-bond acceptors (Lipinski definition) is 4. The second-order valence-corrected chi connectivity index (χ2v) is 7.05. The maximum Gasteiger partial charge on any atom is 0.409 e. The van der Waals surface area contributed by atoms with Crippen LogP contribution in [-0.2, 0) is 14.3 Å². The molecule has 1 amide bonds. The number of likely N-dealkylation sites (tertiary alicyclic amines) is 1. The fourth-order valence-corrected chi connectivity index (χ4v) is 4.18. The Morgan fingerprint density at radius 3 is 2.28 bits per heavy atom. The van der Waals surface area contributed by atoms with Gasteiger partial charge in [-0.2, -0.15) is 8.42 Å². The maximum absolute atomic E-state index is 11.4. The van der Waals surface area contributed by atoms with Crippen molar-refractivity contribution in [2.24, 2.45) is 5.41 Å². The minimum atomic E-state index is -3.69. The summed E-state index contributed by atoms with van der Waals surface area (Å²) in [5.74, 6) is 0. The smallest absolute Gasteiger partial charge is 0.409 e. The van der Waals surface area contributed by atoms with Crippen LogP contribution in [0.15, 0.2) is 0 Å². The number of carbonyl (C=O) groups is 1. The zero-order valence-electron chi connectivity index (χ0n) is 10.7. The van der Waals surface area contributed by atoms with E-state index in [0.717, 1.165) is 43.3 Å². The van der Waals surface area contributed by atoms with Crippen molar-refractivity contribution in [3.63, 3.8) is 0 Å². The van der Waals surface area contributed by atoms with E-state index in [4.69, 9.17) is 9.29 Å². The van der Waals surface area contributed by atoms with Gasteiger partial charge in [0.1, 0.15) is 0 Å². The monoisotopic (exact) mass is 277 g/mol. The summed E-state index contributed by atoms with van der Waals surface area (Å²) in [7, 11) is -3.69. The molecule has 6 nitrogen and oxygen atoms in total. The van der Waals surface area contributed by atoms with E-state index in [0.29, 0.717) is 6.54 Å². The largest absolute Gasteiger partial charge is 0.465 e. The Kier molecular flexibility index (Phi) is 3.09. The summed E-state index contributed by atoms with van der Waals surface area (Å²) in [6.45, 7) is 1.95. The first-order chi connectivity index (χ1) is 8.20. The highest BCUT2D eigenvalue weighted by molar-refractivity contribution is 7.86. The van der Waals surface area contributed by atoms with Crippen molar-refractivity contribution in [2.45, 2.75) is 44.8 Å². The van der Waals surface area contributed by atoms with Crippen molar-refractivity contribution < 1.29 is 22.5 Å². The van der Waals surface area contributed by atoms with Gasteiger partial charge in [0.05, 0.1) is 6.26 Å². The Morgan fingerprint density at radius 1 is 1.28 bits per heavy atom. The molecule has 1 heterocycles. The molecule has 0 aromatic rings. The molecule has 0 aromatic carbocycles. The van der Waals surface area contributed by atoms with Crippen molar-refractivity contribution in [3.05, 3.63) is 0 Å². The SMILES string of the molecule is CC1(OS(C)(=O)=O)N(C(=O)O)CC12CCCCC2. The minimum absolute atomic E-state index is 0.341. The van der Waals surface area contributed by atoms with Crippen LogP contribution >= 0.6 is 0 Å². The predicted molar refractivity (Wildman–Crippen MR) is 64.6 cm³/mol. The molecule has 0 bridgehead atoms. The Balaban J connectivity index is 2.31. The molecule has 18 heavy (non-hydrogen) atoms. The van der Waals surface area contributed by atoms with E-state index < -0.39 is 21.9 Å². The lowest BCUT2D eigenvalue weighted by Gasteiger charge is -2.63. The first-order valence-electron chi connectivity index (χ1n) is 6.11. The van der Waals surface area contributed by atoms with Crippen molar-refractivity contribution in [1.82, 2.24) is 4.90 Å². The summed E-state index contributed by atoms with van der Waals surface area (Å²) in [4.78, 5) is 12.3. The quantitative estimate of drug-likeness (QED) is 0.775. The van der Waals surface area contributed by atoms with Crippen molar-refractivity contribution >= 4 is 16.2 Å². The number of amides is 1. The molecular formula is C11H19NO5S. The first-order valence-corrected chi connectivity index (χ1v) is 7.93. The molecule has 2 rings (SSSR count). The highest BCUT2D eigenvalue weighted by Crippen LogP contribution is 2.56. The molecular weight excluding hydrogens is 258 g/mol. The minimum Gasteiger partial charge on any atom is -0.465 e. The van der Waals surface area contributed by atoms with Crippen molar-refractivity contribution in [2.75, 3.05) is 12.8 Å². The fraction of sp³-hybridized carbons (Fsp3) is 0.909. The Bertz CT molecular complexity index is 454. The lowest BCUT2D eigenvalue weighted by Crippen LogP contribution is -2.75. The third-order valence-electron chi connectivity index (χ3n) is 4.32. The van der Waals surface area contributed by atoms with E-state index in [9.17, 15) is 13.2 Å². The Labute approximate surface area is 107 Å². The molecule has 0 aromatic heterocycles. The molecule has 1 saturated heterocycles. The average Bonchev–Trinajstić information content (AvgIpc) is 2.24. The van der Waals surface area contributed by atoms with E-state index in [1.54, 1.807) is 6.92 Å². The van der Waals surface area contributed by atoms with E-state index in [1.165, 1.54) is 0 Å². The van der Waals surface area contributed by atoms with E-state index in [1.807, 2.05) is 0 Å². The summed E-state index contributed by atoms with van der Waals surface area (Å²) < 4.78 is 27.9. The third-order valence-corrected chi connectivity index (χ3v) is 4.94. The van der Waals surface area contributed by atoms with E-state index >= 15 is 0 Å². The fourth-order valence-electron chi connectivity index (χ4n) is 3.32. The maximum atomic E-state index is 11.4. The van der Waals surface area contributed by atoms with Crippen LogP contribution in [-0.4, -0.2) is 43.0 Å². The van der Waals surface area contributed by atoms with Gasteiger partial charge in [-0.25, -0.2) is 8.98 Å². The van der Waals surface area contributed by atoms with Gasteiger partial charge in [0.25, 0.3) is 10.1 Å². The molecule has 1 atom stereocenters. The lowest BCUT2D eigenvalue weighted by molar-refractivity contribution is -0.246. The number of rotatable bonds is 2. The van der Waals surface area contributed by atoms with Crippen LogP contribution in [0.4, 0.5) is 4.79 Å². The molecule has 1 spiro atoms. The van der Waals surface area contributed by atoms with Gasteiger partial charge in [0.2, 0.25) is 0 Å². The molecule has 2 aliphatic rings. The summed E-state index contributed by atoms with van der Waals surface area (Å²) in [6, 6.07) is 0. The molecule has 2 fully saturated rings. The van der Waals surface area contributed by atoms with Crippen LogP contribution in [0.1, 0.15) is 39.0 Å². The van der Waals surface area contributed by atoms with E-state index in [-0.39, 0.29) is 5.41 Å². The normalized spacial score (nSPS) is 31.1. The molecule has 1 saturated carbocycles. The molecule has 7 heteroatoms. The van der Waals surface area contributed by atoms with E-state index in [2.05, 4.69) is 0 Å². The Morgan fingerprint density at radius 2 is 1.83 bits per heavy atom. The number of nitrogens with zero attached hydrogens (tertiary/aromatic N) is 1.